The molecule has 2 aliphatic rings. The lowest BCUT2D eigenvalue weighted by Gasteiger charge is -2.41. The number of β-amino-alcohol motifs (C(OH)–C–C–N with tert-alkyl or cyclic N) is 1. The second-order valence-electron chi connectivity index (χ2n) is 9.63. The van der Waals surface area contributed by atoms with Crippen molar-refractivity contribution >= 4 is 46.5 Å². The molecule has 4 N–H and O–H groups in total. The fourth-order valence-corrected chi connectivity index (χ4v) is 5.01. The summed E-state index contributed by atoms with van der Waals surface area (Å²) in [4.78, 5) is 23.6. The zero-order chi connectivity index (χ0) is 28.4. The highest BCUT2D eigenvalue weighted by atomic mass is 35.5. The predicted molar refractivity (Wildman–Crippen MR) is 145 cm³/mol. The molecule has 0 bridgehead atoms. The summed E-state index contributed by atoms with van der Waals surface area (Å²) in [5, 5.41) is 50.8. The average Bonchev–Trinajstić information content (AvgIpc) is 3.66. The van der Waals surface area contributed by atoms with Crippen molar-refractivity contribution in [3.05, 3.63) is 34.6 Å². The number of fused-ring (bicyclic) bond motifs is 1. The van der Waals surface area contributed by atoms with Gasteiger partial charge in [0, 0.05) is 32.8 Å². The van der Waals surface area contributed by atoms with Gasteiger partial charge < -0.3 is 35.4 Å². The molecule has 0 unspecified atom stereocenters. The van der Waals surface area contributed by atoms with E-state index in [-0.39, 0.29) is 42.4 Å². The molecule has 0 spiro atoms. The van der Waals surface area contributed by atoms with Crippen molar-refractivity contribution in [2.75, 3.05) is 48.9 Å². The number of imidazole rings is 1. The fourth-order valence-electron chi connectivity index (χ4n) is 4.74. The van der Waals surface area contributed by atoms with Gasteiger partial charge in [0.1, 0.15) is 6.07 Å². The molecule has 40 heavy (non-hydrogen) atoms. The molecule has 3 heterocycles. The van der Waals surface area contributed by atoms with E-state index in [1.165, 1.54) is 22.7 Å². The van der Waals surface area contributed by atoms with E-state index in [0.717, 1.165) is 12.8 Å². The number of anilines is 4. The lowest BCUT2D eigenvalue weighted by atomic mass is 9.99. The highest BCUT2D eigenvalue weighted by molar-refractivity contribution is 6.36. The molecule has 5 rings (SSSR count). The van der Waals surface area contributed by atoms with Crippen molar-refractivity contribution in [2.45, 2.75) is 37.5 Å². The van der Waals surface area contributed by atoms with Gasteiger partial charge in [0.25, 0.3) is 0 Å². The molecular weight excluding hydrogens is 540 g/mol. The van der Waals surface area contributed by atoms with Gasteiger partial charge in [0.05, 0.1) is 53.0 Å². The Labute approximate surface area is 234 Å². The van der Waals surface area contributed by atoms with Crippen LogP contribution in [0.4, 0.5) is 27.9 Å². The molecule has 2 aromatic heterocycles. The molecule has 2 fully saturated rings. The number of aliphatic hydroxyl groups is 1. The molecule has 2 atom stereocenters. The zero-order valence-corrected chi connectivity index (χ0v) is 22.3. The molecule has 3 aromatic rings. The Morgan fingerprint density at radius 3 is 2.75 bits per heavy atom. The molecule has 1 aliphatic heterocycles. The van der Waals surface area contributed by atoms with Gasteiger partial charge in [-0.3, -0.25) is 0 Å². The van der Waals surface area contributed by atoms with E-state index in [0.29, 0.717) is 41.4 Å². The minimum Gasteiger partial charge on any atom is -0.465 e. The molecule has 14 nitrogen and oxygen atoms in total. The maximum Gasteiger partial charge on any atom is 0.407 e. The van der Waals surface area contributed by atoms with Crippen molar-refractivity contribution in [2.24, 2.45) is 0 Å². The van der Waals surface area contributed by atoms with Crippen molar-refractivity contribution in [3.63, 3.8) is 0 Å². The molecule has 0 radical (unpaired) electrons. The SMILES string of the molecule is COCCN(C(=O)O)[C@@H]1CCN(c2cc(C#N)cc(Nc3nc(NC4CC4)c4ncc(C#N)n4n3)c2Cl)C[C@H]1O. The van der Waals surface area contributed by atoms with E-state index in [1.807, 2.05) is 4.90 Å². The van der Waals surface area contributed by atoms with Crippen LogP contribution in [0.3, 0.4) is 0 Å². The average molecular weight is 567 g/mol. The molecule has 15 heteroatoms. The van der Waals surface area contributed by atoms with Crippen LogP contribution in [0, 0.1) is 22.7 Å². The number of hydrogen-bond acceptors (Lipinski definition) is 11. The van der Waals surface area contributed by atoms with Crippen LogP contribution in [0.1, 0.15) is 30.5 Å². The number of aliphatic hydroxyl groups excluding tert-OH is 1. The number of ether oxygens (including phenoxy) is 1. The standard InChI is InChI=1S/C25H27ClN10O4/c1-40-7-6-35(25(38)39)18-4-5-34(13-20(18)37)19-9-14(10-27)8-17(21(19)26)31-24-32-22(30-15-2-3-15)23-29-12-16(11-28)36(23)33-24/h8-9,12,15,18,20,37H,2-7,13H2,1H3,(H,38,39)(H2,30,31,32,33)/t18-,20-/m1/s1. The summed E-state index contributed by atoms with van der Waals surface area (Å²) >= 11 is 6.82. The number of carbonyl (C=O) groups is 1. The van der Waals surface area contributed by atoms with Gasteiger partial charge in [-0.25, -0.2) is 9.78 Å². The maximum atomic E-state index is 11.8. The minimum absolute atomic E-state index is 0.105. The number of hydrogen-bond donors (Lipinski definition) is 4. The zero-order valence-electron chi connectivity index (χ0n) is 21.6. The number of nitriles is 2. The molecule has 1 saturated heterocycles. The Kier molecular flexibility index (Phi) is 7.75. The topological polar surface area (TPSA) is 188 Å². The smallest absolute Gasteiger partial charge is 0.407 e. The third kappa shape index (κ3) is 5.51. The predicted octanol–water partition coefficient (Wildman–Crippen LogP) is 2.40. The van der Waals surface area contributed by atoms with Crippen LogP contribution in [0.15, 0.2) is 18.3 Å². The van der Waals surface area contributed by atoms with E-state index >= 15 is 0 Å². The first kappa shape index (κ1) is 27.2. The van der Waals surface area contributed by atoms with E-state index in [2.05, 4.69) is 37.8 Å². The first-order chi connectivity index (χ1) is 19.3. The Morgan fingerprint density at radius 1 is 1.30 bits per heavy atom. The molecular formula is C25H27ClN10O4. The van der Waals surface area contributed by atoms with E-state index in [1.54, 1.807) is 12.1 Å². The van der Waals surface area contributed by atoms with E-state index in [4.69, 9.17) is 16.3 Å². The number of rotatable bonds is 9. The number of halogens is 1. The maximum absolute atomic E-state index is 11.8. The van der Waals surface area contributed by atoms with E-state index < -0.39 is 18.2 Å². The Morgan fingerprint density at radius 2 is 2.10 bits per heavy atom. The van der Waals surface area contributed by atoms with Crippen LogP contribution in [-0.2, 0) is 4.74 Å². The minimum atomic E-state index is -1.13. The Balaban J connectivity index is 1.43. The summed E-state index contributed by atoms with van der Waals surface area (Å²) < 4.78 is 6.41. The van der Waals surface area contributed by atoms with Crippen molar-refractivity contribution in [1.29, 1.82) is 10.5 Å². The van der Waals surface area contributed by atoms with E-state index in [9.17, 15) is 25.5 Å². The summed E-state index contributed by atoms with van der Waals surface area (Å²) in [6.45, 7) is 0.850. The van der Waals surface area contributed by atoms with Gasteiger partial charge in [0.2, 0.25) is 5.95 Å². The summed E-state index contributed by atoms with van der Waals surface area (Å²) in [6, 6.07) is 7.03. The van der Waals surface area contributed by atoms with Gasteiger partial charge in [-0.15, -0.1) is 5.10 Å². The van der Waals surface area contributed by atoms with Crippen LogP contribution in [0.5, 0.6) is 0 Å². The normalized spacial score (nSPS) is 18.7. The number of methoxy groups -OCH3 is 1. The molecule has 1 aromatic carbocycles. The highest BCUT2D eigenvalue weighted by Crippen LogP contribution is 2.38. The van der Waals surface area contributed by atoms with Gasteiger partial charge in [-0.05, 0) is 31.4 Å². The Bertz CT molecular complexity index is 1510. The number of carboxylic acid groups (broad SMARTS) is 1. The summed E-state index contributed by atoms with van der Waals surface area (Å²) in [5.74, 6) is 0.609. The molecule has 1 amide bonds. The van der Waals surface area contributed by atoms with Gasteiger partial charge in [-0.1, -0.05) is 11.6 Å². The second-order valence-corrected chi connectivity index (χ2v) is 10.0. The van der Waals surface area contributed by atoms with Gasteiger partial charge in [0.15, 0.2) is 17.2 Å². The first-order valence-electron chi connectivity index (χ1n) is 12.7. The molecule has 1 saturated carbocycles. The first-order valence-corrected chi connectivity index (χ1v) is 13.0. The van der Waals surface area contributed by atoms with Crippen LogP contribution in [0.2, 0.25) is 5.02 Å². The lowest BCUT2D eigenvalue weighted by molar-refractivity contribution is 0.0270. The number of benzene rings is 1. The third-order valence-corrected chi connectivity index (χ3v) is 7.29. The van der Waals surface area contributed by atoms with Gasteiger partial charge in [-0.2, -0.15) is 20.0 Å². The molecule has 208 valence electrons. The summed E-state index contributed by atoms with van der Waals surface area (Å²) in [7, 11) is 1.49. The Hall–Kier alpha value is -4.37. The number of nitrogens with zero attached hydrogens (tertiary/aromatic N) is 8. The summed E-state index contributed by atoms with van der Waals surface area (Å²) in [6.07, 6.45) is 1.65. The second kappa shape index (κ2) is 11.4. The van der Waals surface area contributed by atoms with Crippen molar-refractivity contribution in [1.82, 2.24) is 24.5 Å². The third-order valence-electron chi connectivity index (χ3n) is 6.89. The number of aromatic nitrogens is 4. The monoisotopic (exact) mass is 566 g/mol. The lowest BCUT2D eigenvalue weighted by Crippen LogP contribution is -2.56. The van der Waals surface area contributed by atoms with Crippen molar-refractivity contribution in [3.8, 4) is 12.1 Å². The summed E-state index contributed by atoms with van der Waals surface area (Å²) in [5.41, 5.74) is 1.81. The van der Waals surface area contributed by atoms with Crippen LogP contribution in [0.25, 0.3) is 5.65 Å². The van der Waals surface area contributed by atoms with Crippen molar-refractivity contribution < 1.29 is 19.7 Å². The van der Waals surface area contributed by atoms with Crippen LogP contribution >= 0.6 is 11.6 Å². The van der Waals surface area contributed by atoms with Crippen LogP contribution in [-0.4, -0.2) is 92.3 Å². The largest absolute Gasteiger partial charge is 0.465 e. The molecule has 1 aliphatic carbocycles. The number of amides is 1. The number of nitrogens with one attached hydrogen (secondary N) is 2. The number of piperidine rings is 1. The highest BCUT2D eigenvalue weighted by Gasteiger charge is 2.35. The fraction of sp³-hybridized carbons (Fsp3) is 0.440. The van der Waals surface area contributed by atoms with Crippen LogP contribution < -0.4 is 15.5 Å². The van der Waals surface area contributed by atoms with Gasteiger partial charge >= 0.3 is 6.09 Å². The quantitative estimate of drug-likeness (QED) is 0.296.